The average Bonchev–Trinajstić information content (AvgIpc) is 2.49. The van der Waals surface area contributed by atoms with Crippen molar-refractivity contribution in [2.45, 2.75) is 110 Å². The smallest absolute Gasteiger partial charge is 0.394 e. The van der Waals surface area contributed by atoms with E-state index >= 15 is 0 Å². The minimum atomic E-state index is -4.67. The molecule has 0 aliphatic rings. The van der Waals surface area contributed by atoms with Gasteiger partial charge in [-0.25, -0.2) is 0 Å². The predicted molar refractivity (Wildman–Crippen MR) is 109 cm³/mol. The second-order valence-electron chi connectivity index (χ2n) is 6.54. The van der Waals surface area contributed by atoms with Crippen LogP contribution in [0.1, 0.15) is 110 Å². The number of aliphatic carboxylic acids is 1. The zero-order valence-electron chi connectivity index (χ0n) is 16.2. The summed E-state index contributed by atoms with van der Waals surface area (Å²) in [7, 11) is -4.67. The Kier molecular flexibility index (Phi) is 26.5. The second kappa shape index (κ2) is 22.7. The van der Waals surface area contributed by atoms with Gasteiger partial charge >= 0.3 is 16.4 Å². The molecule has 0 saturated carbocycles. The summed E-state index contributed by atoms with van der Waals surface area (Å²) in [6.45, 7) is 2.27. The first-order chi connectivity index (χ1) is 11.8. The molecular weight excluding hydrogens is 380 g/mol. The summed E-state index contributed by atoms with van der Waals surface area (Å²) < 4.78 is 31.6. The zero-order valence-corrected chi connectivity index (χ0v) is 17.8. The number of carbonyl (C=O) groups is 1. The van der Waals surface area contributed by atoms with Gasteiger partial charge in [0, 0.05) is 6.42 Å². The molecule has 26 heavy (non-hydrogen) atoms. The Balaban J connectivity index is -0.000000772. The highest BCUT2D eigenvalue weighted by Crippen LogP contribution is 2.13. The third-order valence-electron chi connectivity index (χ3n) is 3.99. The fourth-order valence-electron chi connectivity index (χ4n) is 2.65. The van der Waals surface area contributed by atoms with Gasteiger partial charge in [-0.15, -0.1) is 12.4 Å². The SMILES string of the molecule is CCCCCCCCCCCCCCCCCC(=O)O.Cl.O=S(=O)(O)O. The summed E-state index contributed by atoms with van der Waals surface area (Å²) in [5.74, 6) is -0.653. The van der Waals surface area contributed by atoms with Crippen LogP contribution < -0.4 is 0 Å². The van der Waals surface area contributed by atoms with Gasteiger partial charge in [0.1, 0.15) is 0 Å². The van der Waals surface area contributed by atoms with Crippen molar-refractivity contribution in [1.82, 2.24) is 0 Å². The molecular formula is C18H39ClO6S. The van der Waals surface area contributed by atoms with Gasteiger partial charge in [-0.05, 0) is 6.42 Å². The lowest BCUT2D eigenvalue weighted by Gasteiger charge is -2.03. The molecule has 0 aliphatic carbocycles. The molecule has 0 aromatic heterocycles. The van der Waals surface area contributed by atoms with Gasteiger partial charge in [-0.1, -0.05) is 96.8 Å². The van der Waals surface area contributed by atoms with E-state index in [-0.39, 0.29) is 12.4 Å². The number of rotatable bonds is 16. The zero-order chi connectivity index (χ0) is 19.4. The number of unbranched alkanes of at least 4 members (excludes halogenated alkanes) is 14. The molecule has 0 bridgehead atoms. The summed E-state index contributed by atoms with van der Waals surface area (Å²) in [6, 6.07) is 0. The number of carboxylic acids is 1. The highest BCUT2D eigenvalue weighted by atomic mass is 35.5. The number of hydrogen-bond donors (Lipinski definition) is 3. The average molecular weight is 419 g/mol. The van der Waals surface area contributed by atoms with E-state index in [0.717, 1.165) is 12.8 Å². The molecule has 0 atom stereocenters. The third-order valence-corrected chi connectivity index (χ3v) is 3.99. The number of carboxylic acid groups (broad SMARTS) is 1. The molecule has 0 heterocycles. The molecule has 0 unspecified atom stereocenters. The van der Waals surface area contributed by atoms with Crippen LogP contribution in [0.2, 0.25) is 0 Å². The molecule has 0 aromatic rings. The molecule has 0 radical (unpaired) electrons. The van der Waals surface area contributed by atoms with Crippen LogP contribution in [-0.2, 0) is 15.2 Å². The van der Waals surface area contributed by atoms with Crippen LogP contribution in [-0.4, -0.2) is 28.6 Å². The van der Waals surface area contributed by atoms with Crippen molar-refractivity contribution in [3.8, 4) is 0 Å². The van der Waals surface area contributed by atoms with E-state index in [0.29, 0.717) is 6.42 Å². The van der Waals surface area contributed by atoms with Gasteiger partial charge in [0.15, 0.2) is 0 Å². The number of hydrogen-bond acceptors (Lipinski definition) is 3. The lowest BCUT2D eigenvalue weighted by atomic mass is 10.0. The minimum absolute atomic E-state index is 0. The predicted octanol–water partition coefficient (Wildman–Crippen LogP) is 6.10. The van der Waals surface area contributed by atoms with Crippen LogP contribution >= 0.6 is 12.4 Å². The van der Waals surface area contributed by atoms with Gasteiger partial charge in [-0.2, -0.15) is 8.42 Å². The van der Waals surface area contributed by atoms with E-state index in [2.05, 4.69) is 6.92 Å². The van der Waals surface area contributed by atoms with Gasteiger partial charge < -0.3 is 5.11 Å². The van der Waals surface area contributed by atoms with E-state index < -0.39 is 16.4 Å². The second-order valence-corrected chi connectivity index (χ2v) is 7.44. The molecule has 3 N–H and O–H groups in total. The summed E-state index contributed by atoms with van der Waals surface area (Å²) >= 11 is 0. The standard InChI is InChI=1S/C18H36O2.ClH.H2O4S/c1-2-3-4-5-6-7-8-9-10-11-12-13-14-15-16-17-18(19)20;;1-5(2,3)4/h2-17H2,1H3,(H,19,20);1H;(H2,1,2,3,4). The molecule has 6 nitrogen and oxygen atoms in total. The van der Waals surface area contributed by atoms with Crippen molar-refractivity contribution in [3.05, 3.63) is 0 Å². The van der Waals surface area contributed by atoms with Crippen molar-refractivity contribution < 1.29 is 27.4 Å². The molecule has 0 aromatic carbocycles. The highest BCUT2D eigenvalue weighted by molar-refractivity contribution is 7.79. The van der Waals surface area contributed by atoms with E-state index in [4.69, 9.17) is 22.6 Å². The van der Waals surface area contributed by atoms with Gasteiger partial charge in [0.25, 0.3) is 0 Å². The summed E-state index contributed by atoms with van der Waals surface area (Å²) in [5, 5.41) is 8.52. The van der Waals surface area contributed by atoms with Crippen molar-refractivity contribution >= 4 is 28.8 Å². The maximum Gasteiger partial charge on any atom is 0.394 e. The van der Waals surface area contributed by atoms with Crippen molar-refractivity contribution in [2.75, 3.05) is 0 Å². The monoisotopic (exact) mass is 418 g/mol. The van der Waals surface area contributed by atoms with Crippen molar-refractivity contribution in [2.24, 2.45) is 0 Å². The Morgan fingerprint density at radius 2 is 0.885 bits per heavy atom. The fourth-order valence-corrected chi connectivity index (χ4v) is 2.65. The Morgan fingerprint density at radius 1 is 0.654 bits per heavy atom. The van der Waals surface area contributed by atoms with Crippen molar-refractivity contribution in [3.63, 3.8) is 0 Å². The van der Waals surface area contributed by atoms with Crippen molar-refractivity contribution in [1.29, 1.82) is 0 Å². The molecule has 0 aliphatic heterocycles. The lowest BCUT2D eigenvalue weighted by Crippen LogP contribution is -1.93. The number of halogens is 1. The van der Waals surface area contributed by atoms with Gasteiger partial charge in [0.05, 0.1) is 0 Å². The molecule has 160 valence electrons. The molecule has 0 saturated heterocycles. The normalized spacial score (nSPS) is 10.6. The molecule has 8 heteroatoms. The fraction of sp³-hybridized carbons (Fsp3) is 0.944. The Labute approximate surface area is 166 Å². The van der Waals surface area contributed by atoms with Crippen LogP contribution in [0.5, 0.6) is 0 Å². The topological polar surface area (TPSA) is 112 Å². The van der Waals surface area contributed by atoms with Crippen LogP contribution in [0.4, 0.5) is 0 Å². The maximum atomic E-state index is 10.3. The van der Waals surface area contributed by atoms with E-state index in [1.165, 1.54) is 83.5 Å². The lowest BCUT2D eigenvalue weighted by molar-refractivity contribution is -0.137. The molecule has 0 amide bonds. The Hall–Kier alpha value is -0.370. The molecule has 0 spiro atoms. The van der Waals surface area contributed by atoms with Gasteiger partial charge in [-0.3, -0.25) is 13.9 Å². The van der Waals surface area contributed by atoms with Crippen LogP contribution in [0.15, 0.2) is 0 Å². The van der Waals surface area contributed by atoms with Crippen LogP contribution in [0.3, 0.4) is 0 Å². The molecule has 0 rings (SSSR count). The van der Waals surface area contributed by atoms with E-state index in [1.807, 2.05) is 0 Å². The third kappa shape index (κ3) is 43.8. The van der Waals surface area contributed by atoms with E-state index in [9.17, 15) is 4.79 Å². The first-order valence-electron chi connectivity index (χ1n) is 9.69. The van der Waals surface area contributed by atoms with E-state index in [1.54, 1.807) is 0 Å². The summed E-state index contributed by atoms with van der Waals surface area (Å²) in [5.41, 5.74) is 0. The van der Waals surface area contributed by atoms with Gasteiger partial charge in [0.2, 0.25) is 0 Å². The Morgan fingerprint density at radius 3 is 1.12 bits per heavy atom. The minimum Gasteiger partial charge on any atom is -0.481 e. The quantitative estimate of drug-likeness (QED) is 0.206. The van der Waals surface area contributed by atoms with Crippen LogP contribution in [0, 0.1) is 0 Å². The van der Waals surface area contributed by atoms with Crippen LogP contribution in [0.25, 0.3) is 0 Å². The summed E-state index contributed by atoms with van der Waals surface area (Å²) in [4.78, 5) is 10.3. The summed E-state index contributed by atoms with van der Waals surface area (Å²) in [6.07, 6.45) is 20.2. The highest BCUT2D eigenvalue weighted by Gasteiger charge is 1.97. The largest absolute Gasteiger partial charge is 0.481 e. The molecule has 0 fully saturated rings. The maximum absolute atomic E-state index is 10.3. The Bertz CT molecular complexity index is 379. The first kappa shape index (κ1) is 30.4. The first-order valence-corrected chi connectivity index (χ1v) is 11.1.